The highest BCUT2D eigenvalue weighted by atomic mass is 16.6. The molecule has 0 bridgehead atoms. The number of nitro groups is 1. The van der Waals surface area contributed by atoms with Gasteiger partial charge in [0.05, 0.1) is 18.0 Å². The molecule has 1 atom stereocenters. The summed E-state index contributed by atoms with van der Waals surface area (Å²) in [6, 6.07) is 5.11. The Morgan fingerprint density at radius 2 is 1.78 bits per heavy atom. The Bertz CT molecular complexity index is 927. The Kier molecular flexibility index (Phi) is 6.87. The lowest BCUT2D eigenvalue weighted by Gasteiger charge is -2.45. The van der Waals surface area contributed by atoms with Crippen LogP contribution in [0, 0.1) is 10.1 Å². The van der Waals surface area contributed by atoms with Gasteiger partial charge >= 0.3 is 5.97 Å². The quantitative estimate of drug-likeness (QED) is 0.267. The number of carbonyl (C=O) groups excluding carboxylic acids is 4. The fraction of sp³-hybridized carbons (Fsp3) is 0.524. The molecule has 0 aromatic heterocycles. The number of hydrogen-bond acceptors (Lipinski definition) is 8. The number of likely N-dealkylation sites (tertiary alicyclic amines) is 1. The SMILES string of the molecule is CCOC(=O)CN1C(=O)C[C@](C)(N(C(=O)c2ccc([N+](=O)[O-])cc2)N2CCCCC2)C1=O. The van der Waals surface area contributed by atoms with E-state index in [1.807, 2.05) is 0 Å². The predicted molar refractivity (Wildman–Crippen MR) is 111 cm³/mol. The molecule has 0 saturated carbocycles. The Labute approximate surface area is 185 Å². The van der Waals surface area contributed by atoms with Crippen LogP contribution in [0.2, 0.25) is 0 Å². The zero-order valence-corrected chi connectivity index (χ0v) is 18.1. The molecule has 0 unspecified atom stereocenters. The maximum Gasteiger partial charge on any atom is 0.326 e. The lowest BCUT2D eigenvalue weighted by molar-refractivity contribution is -0.384. The van der Waals surface area contributed by atoms with E-state index < -0.39 is 40.7 Å². The molecule has 3 amide bonds. The first-order valence-corrected chi connectivity index (χ1v) is 10.5. The van der Waals surface area contributed by atoms with Crippen molar-refractivity contribution in [3.63, 3.8) is 0 Å². The molecule has 3 rings (SSSR count). The molecule has 2 saturated heterocycles. The van der Waals surface area contributed by atoms with Crippen molar-refractivity contribution in [1.82, 2.24) is 14.9 Å². The summed E-state index contributed by atoms with van der Waals surface area (Å²) in [7, 11) is 0. The molecule has 2 aliphatic heterocycles. The van der Waals surface area contributed by atoms with E-state index in [1.165, 1.54) is 36.2 Å². The summed E-state index contributed by atoms with van der Waals surface area (Å²) in [4.78, 5) is 62.7. The number of hydrazine groups is 1. The number of imide groups is 1. The molecule has 0 aliphatic carbocycles. The number of esters is 1. The van der Waals surface area contributed by atoms with Crippen molar-refractivity contribution in [2.24, 2.45) is 0 Å². The lowest BCUT2D eigenvalue weighted by Crippen LogP contribution is -2.62. The van der Waals surface area contributed by atoms with Gasteiger partial charge in [0.2, 0.25) is 5.91 Å². The number of ether oxygens (including phenoxy) is 1. The molecule has 1 aromatic rings. The first kappa shape index (κ1) is 23.3. The second-order valence-electron chi connectivity index (χ2n) is 7.98. The normalized spacial score (nSPS) is 21.5. The third-order valence-corrected chi connectivity index (χ3v) is 5.70. The average Bonchev–Trinajstić information content (AvgIpc) is 2.98. The van der Waals surface area contributed by atoms with E-state index in [4.69, 9.17) is 4.74 Å². The summed E-state index contributed by atoms with van der Waals surface area (Å²) in [6.45, 7) is 3.78. The van der Waals surface area contributed by atoms with Crippen molar-refractivity contribution < 1.29 is 28.8 Å². The van der Waals surface area contributed by atoms with Crippen molar-refractivity contribution in [1.29, 1.82) is 0 Å². The van der Waals surface area contributed by atoms with Crippen molar-refractivity contribution >= 4 is 29.4 Å². The maximum atomic E-state index is 13.5. The van der Waals surface area contributed by atoms with Gasteiger partial charge in [-0.25, -0.2) is 5.01 Å². The van der Waals surface area contributed by atoms with Crippen LogP contribution >= 0.6 is 0 Å². The Balaban J connectivity index is 1.95. The van der Waals surface area contributed by atoms with Crippen LogP contribution in [0.25, 0.3) is 0 Å². The minimum absolute atomic E-state index is 0.116. The maximum absolute atomic E-state index is 13.5. The highest BCUT2D eigenvalue weighted by molar-refractivity contribution is 6.12. The predicted octanol–water partition coefficient (Wildman–Crippen LogP) is 1.52. The molecule has 2 aliphatic rings. The van der Waals surface area contributed by atoms with Gasteiger partial charge in [0.15, 0.2) is 0 Å². The number of nitro benzene ring substituents is 1. The van der Waals surface area contributed by atoms with Crippen LogP contribution in [0.3, 0.4) is 0 Å². The average molecular weight is 446 g/mol. The van der Waals surface area contributed by atoms with Gasteiger partial charge in [-0.1, -0.05) is 6.42 Å². The first-order valence-electron chi connectivity index (χ1n) is 10.5. The zero-order chi connectivity index (χ0) is 23.5. The number of piperidine rings is 1. The van der Waals surface area contributed by atoms with E-state index in [0.29, 0.717) is 13.1 Å². The summed E-state index contributed by atoms with van der Waals surface area (Å²) in [5, 5.41) is 14.0. The Hall–Kier alpha value is -3.34. The summed E-state index contributed by atoms with van der Waals surface area (Å²) >= 11 is 0. The van der Waals surface area contributed by atoms with Crippen LogP contribution in [0.15, 0.2) is 24.3 Å². The number of rotatable bonds is 7. The van der Waals surface area contributed by atoms with Gasteiger partial charge in [-0.15, -0.1) is 0 Å². The second-order valence-corrected chi connectivity index (χ2v) is 7.98. The summed E-state index contributed by atoms with van der Waals surface area (Å²) < 4.78 is 4.86. The summed E-state index contributed by atoms with van der Waals surface area (Å²) in [6.07, 6.45) is 2.33. The van der Waals surface area contributed by atoms with Crippen LogP contribution in [0.4, 0.5) is 5.69 Å². The minimum atomic E-state index is -1.53. The molecule has 11 heteroatoms. The number of amides is 3. The van der Waals surface area contributed by atoms with Crippen molar-refractivity contribution in [3.8, 4) is 0 Å². The fourth-order valence-corrected chi connectivity index (χ4v) is 4.12. The van der Waals surface area contributed by atoms with Crippen LogP contribution in [0.5, 0.6) is 0 Å². The van der Waals surface area contributed by atoms with Gasteiger partial charge in [0, 0.05) is 30.8 Å². The number of non-ortho nitro benzene ring substituents is 1. The summed E-state index contributed by atoms with van der Waals surface area (Å²) in [5.74, 6) is -2.46. The van der Waals surface area contributed by atoms with Gasteiger partial charge in [-0.05, 0) is 38.8 Å². The molecule has 172 valence electrons. The third-order valence-electron chi connectivity index (χ3n) is 5.70. The van der Waals surface area contributed by atoms with Gasteiger partial charge < -0.3 is 4.74 Å². The number of carbonyl (C=O) groups is 4. The van der Waals surface area contributed by atoms with Gasteiger partial charge in [0.25, 0.3) is 17.5 Å². The third kappa shape index (κ3) is 4.47. The molecule has 1 aromatic carbocycles. The standard InChI is InChI=1S/C21H26N4O7/c1-3-32-18(27)14-23-17(26)13-21(2,20(23)29)24(22-11-5-4-6-12-22)19(28)15-7-9-16(10-8-15)25(30)31/h7-10H,3-6,11-14H2,1-2H3/t21-/m0/s1. The zero-order valence-electron chi connectivity index (χ0n) is 18.1. The summed E-state index contributed by atoms with van der Waals surface area (Å²) in [5.41, 5.74) is -1.53. The number of nitrogens with zero attached hydrogens (tertiary/aromatic N) is 4. The van der Waals surface area contributed by atoms with Gasteiger partial charge in [-0.3, -0.25) is 39.2 Å². The van der Waals surface area contributed by atoms with Gasteiger partial charge in [0.1, 0.15) is 12.1 Å². The van der Waals surface area contributed by atoms with E-state index >= 15 is 0 Å². The van der Waals surface area contributed by atoms with E-state index in [0.717, 1.165) is 24.2 Å². The lowest BCUT2D eigenvalue weighted by atomic mass is 9.97. The molecule has 0 N–H and O–H groups in total. The molecular formula is C21H26N4O7. The number of benzene rings is 1. The first-order chi connectivity index (χ1) is 15.2. The van der Waals surface area contributed by atoms with Crippen molar-refractivity contribution in [3.05, 3.63) is 39.9 Å². The Morgan fingerprint density at radius 3 is 2.34 bits per heavy atom. The van der Waals surface area contributed by atoms with Crippen molar-refractivity contribution in [2.75, 3.05) is 26.2 Å². The fourth-order valence-electron chi connectivity index (χ4n) is 4.12. The van der Waals surface area contributed by atoms with Crippen LogP contribution in [0.1, 0.15) is 49.9 Å². The van der Waals surface area contributed by atoms with E-state index in [1.54, 1.807) is 11.9 Å². The number of hydrogen-bond donors (Lipinski definition) is 0. The van der Waals surface area contributed by atoms with Gasteiger partial charge in [-0.2, -0.15) is 0 Å². The molecular weight excluding hydrogens is 420 g/mol. The Morgan fingerprint density at radius 1 is 1.16 bits per heavy atom. The van der Waals surface area contributed by atoms with Crippen LogP contribution < -0.4 is 0 Å². The molecule has 2 heterocycles. The van der Waals surface area contributed by atoms with E-state index in [9.17, 15) is 29.3 Å². The minimum Gasteiger partial charge on any atom is -0.465 e. The van der Waals surface area contributed by atoms with E-state index in [-0.39, 0.29) is 24.3 Å². The second kappa shape index (κ2) is 9.43. The monoisotopic (exact) mass is 446 g/mol. The van der Waals surface area contributed by atoms with Crippen LogP contribution in [-0.2, 0) is 19.1 Å². The molecule has 0 radical (unpaired) electrons. The molecule has 0 spiro atoms. The highest BCUT2D eigenvalue weighted by Gasteiger charge is 2.56. The highest BCUT2D eigenvalue weighted by Crippen LogP contribution is 2.34. The largest absolute Gasteiger partial charge is 0.465 e. The van der Waals surface area contributed by atoms with E-state index in [2.05, 4.69) is 0 Å². The molecule has 11 nitrogen and oxygen atoms in total. The van der Waals surface area contributed by atoms with Crippen LogP contribution in [-0.4, -0.2) is 75.3 Å². The smallest absolute Gasteiger partial charge is 0.326 e. The van der Waals surface area contributed by atoms with Crippen molar-refractivity contribution in [2.45, 2.75) is 45.1 Å². The topological polar surface area (TPSA) is 130 Å². The molecule has 2 fully saturated rings. The molecule has 32 heavy (non-hydrogen) atoms.